The molecule has 1 aliphatic heterocycles. The number of hydrogen-bond acceptors (Lipinski definition) is 5. The van der Waals surface area contributed by atoms with Crippen LogP contribution in [0.25, 0.3) is 0 Å². The molecule has 0 saturated carbocycles. The number of hydroxylamine groups is 2. The van der Waals surface area contributed by atoms with E-state index in [9.17, 15) is 13.6 Å². The van der Waals surface area contributed by atoms with Gasteiger partial charge in [-0.2, -0.15) is 0 Å². The van der Waals surface area contributed by atoms with Crippen LogP contribution >= 0.6 is 0 Å². The molecule has 6 heteroatoms. The van der Waals surface area contributed by atoms with E-state index in [1.807, 2.05) is 6.08 Å². The van der Waals surface area contributed by atoms with E-state index < -0.39 is 15.2 Å². The normalized spacial score (nSPS) is 31.7. The highest BCUT2D eigenvalue weighted by Crippen LogP contribution is 2.39. The fourth-order valence-corrected chi connectivity index (χ4v) is 4.31. The van der Waals surface area contributed by atoms with Gasteiger partial charge in [-0.3, -0.25) is 10.0 Å². The molecule has 2 aliphatic rings. The van der Waals surface area contributed by atoms with E-state index in [4.69, 9.17) is 4.84 Å². The lowest BCUT2D eigenvalue weighted by atomic mass is 10.1. The maximum atomic E-state index is 12.5. The topological polar surface area (TPSA) is 66.8 Å². The Hall–Kier alpha value is -1.21. The largest absolute Gasteiger partial charge is 0.288 e. The van der Waals surface area contributed by atoms with Gasteiger partial charge in [0.15, 0.2) is 15.2 Å². The predicted molar refractivity (Wildman–Crippen MR) is 63.2 cm³/mol. The molecule has 1 saturated heterocycles. The smallest absolute Gasteiger partial charge is 0.199 e. The van der Waals surface area contributed by atoms with Gasteiger partial charge >= 0.3 is 0 Å². The first-order valence-electron chi connectivity index (χ1n) is 5.71. The summed E-state index contributed by atoms with van der Waals surface area (Å²) in [7, 11) is -3.63. The molecule has 0 aromatic heterocycles. The van der Waals surface area contributed by atoms with Crippen molar-refractivity contribution in [1.29, 1.82) is 0 Å². The fourth-order valence-electron chi connectivity index (χ4n) is 2.49. The van der Waals surface area contributed by atoms with Crippen molar-refractivity contribution in [2.24, 2.45) is 5.92 Å². The van der Waals surface area contributed by atoms with E-state index in [1.54, 1.807) is 24.3 Å². The molecule has 0 bridgehead atoms. The number of nitrogens with zero attached hydrogens (tertiary/aromatic N) is 1. The van der Waals surface area contributed by atoms with Crippen LogP contribution in [0.15, 0.2) is 47.4 Å². The molecular formula is C12H13NO4S. The summed E-state index contributed by atoms with van der Waals surface area (Å²) in [6.45, 7) is 0. The van der Waals surface area contributed by atoms with Crippen LogP contribution in [0.5, 0.6) is 0 Å². The van der Waals surface area contributed by atoms with Crippen LogP contribution in [0.4, 0.5) is 0 Å². The van der Waals surface area contributed by atoms with Crippen molar-refractivity contribution in [3.63, 3.8) is 0 Å². The molecule has 3 rings (SSSR count). The van der Waals surface area contributed by atoms with E-state index in [0.29, 0.717) is 11.6 Å². The van der Waals surface area contributed by atoms with Crippen LogP contribution in [0, 0.1) is 5.92 Å². The van der Waals surface area contributed by atoms with E-state index in [2.05, 4.69) is 0 Å². The number of allylic oxidation sites excluding steroid dienone is 1. The monoisotopic (exact) mass is 267 g/mol. The van der Waals surface area contributed by atoms with Crippen molar-refractivity contribution in [2.45, 2.75) is 22.8 Å². The van der Waals surface area contributed by atoms with Gasteiger partial charge in [-0.15, -0.1) is 0 Å². The molecule has 1 heterocycles. The van der Waals surface area contributed by atoms with Crippen molar-refractivity contribution in [3.05, 3.63) is 42.5 Å². The second-order valence-electron chi connectivity index (χ2n) is 4.45. The Morgan fingerprint density at radius 2 is 2.00 bits per heavy atom. The Balaban J connectivity index is 2.00. The maximum absolute atomic E-state index is 12.5. The van der Waals surface area contributed by atoms with Gasteiger partial charge in [-0.25, -0.2) is 8.42 Å². The number of fused-ring (bicyclic) bond motifs is 1. The molecule has 1 N–H and O–H groups in total. The first-order valence-corrected chi connectivity index (χ1v) is 7.26. The zero-order valence-electron chi connectivity index (χ0n) is 9.51. The molecule has 18 heavy (non-hydrogen) atoms. The molecular weight excluding hydrogens is 254 g/mol. The highest BCUT2D eigenvalue weighted by molar-refractivity contribution is 7.92. The van der Waals surface area contributed by atoms with Crippen LogP contribution in [0.3, 0.4) is 0 Å². The third-order valence-corrected chi connectivity index (χ3v) is 5.45. The van der Waals surface area contributed by atoms with Gasteiger partial charge < -0.3 is 0 Å². The Morgan fingerprint density at radius 3 is 2.72 bits per heavy atom. The number of hydrogen-bond donors (Lipinski definition) is 1. The number of benzene rings is 1. The second kappa shape index (κ2) is 4.17. The number of rotatable bonds is 2. The summed E-state index contributed by atoms with van der Waals surface area (Å²) in [5, 5.41) is 9.14. The molecule has 96 valence electrons. The summed E-state index contributed by atoms with van der Waals surface area (Å²) < 4.78 is 25.0. The number of sulfone groups is 1. The lowest BCUT2D eigenvalue weighted by Gasteiger charge is -2.19. The highest BCUT2D eigenvalue weighted by atomic mass is 32.2. The van der Waals surface area contributed by atoms with Crippen LogP contribution in [-0.2, 0) is 14.7 Å². The lowest BCUT2D eigenvalue weighted by Crippen LogP contribution is -2.37. The molecule has 0 radical (unpaired) electrons. The molecule has 0 spiro atoms. The first kappa shape index (κ1) is 11.9. The van der Waals surface area contributed by atoms with Gasteiger partial charge in [0.2, 0.25) is 0 Å². The van der Waals surface area contributed by atoms with Crippen LogP contribution in [-0.4, -0.2) is 30.3 Å². The van der Waals surface area contributed by atoms with Gasteiger partial charge in [-0.1, -0.05) is 30.4 Å². The molecule has 1 aromatic rings. The minimum atomic E-state index is -3.63. The van der Waals surface area contributed by atoms with Crippen molar-refractivity contribution in [2.75, 3.05) is 0 Å². The predicted octanol–water partition coefficient (Wildman–Crippen LogP) is 1.37. The molecule has 1 aromatic carbocycles. The maximum Gasteiger partial charge on any atom is 0.199 e. The second-order valence-corrected chi connectivity index (χ2v) is 6.49. The zero-order valence-corrected chi connectivity index (χ0v) is 10.3. The molecule has 1 aliphatic carbocycles. The first-order chi connectivity index (χ1) is 8.60. The molecule has 3 atom stereocenters. The summed E-state index contributed by atoms with van der Waals surface area (Å²) in [5.74, 6) is -0.250. The quantitative estimate of drug-likeness (QED) is 0.820. The minimum Gasteiger partial charge on any atom is -0.288 e. The highest BCUT2D eigenvalue weighted by Gasteiger charge is 2.50. The summed E-state index contributed by atoms with van der Waals surface area (Å²) in [6, 6.07) is 8.13. The van der Waals surface area contributed by atoms with Gasteiger partial charge in [0, 0.05) is 5.92 Å². The summed E-state index contributed by atoms with van der Waals surface area (Å²) in [5.41, 5.74) is 0. The molecule has 0 amide bonds. The standard InChI is InChI=1S/C12H13NO4S/c14-13-12(10-7-4-8-11(10)17-13)18(15,16)9-5-2-1-3-6-9/h1-6,8,10-12,14H,7H2. The van der Waals surface area contributed by atoms with Crippen molar-refractivity contribution in [3.8, 4) is 0 Å². The third-order valence-electron chi connectivity index (χ3n) is 3.36. The van der Waals surface area contributed by atoms with Crippen molar-refractivity contribution >= 4 is 9.84 Å². The Bertz CT molecular complexity index is 569. The van der Waals surface area contributed by atoms with E-state index in [-0.39, 0.29) is 16.9 Å². The van der Waals surface area contributed by atoms with E-state index in [1.165, 1.54) is 12.1 Å². The summed E-state index contributed by atoms with van der Waals surface area (Å²) in [6.07, 6.45) is 3.92. The van der Waals surface area contributed by atoms with E-state index >= 15 is 0 Å². The summed E-state index contributed by atoms with van der Waals surface area (Å²) in [4.78, 5) is 5.33. The average Bonchev–Trinajstić information content (AvgIpc) is 2.89. The zero-order chi connectivity index (χ0) is 12.8. The minimum absolute atomic E-state index is 0.199. The van der Waals surface area contributed by atoms with Gasteiger partial charge in [0.25, 0.3) is 0 Å². The Morgan fingerprint density at radius 1 is 1.28 bits per heavy atom. The third kappa shape index (κ3) is 1.69. The molecule has 5 nitrogen and oxygen atoms in total. The van der Waals surface area contributed by atoms with Gasteiger partial charge in [0.05, 0.1) is 4.90 Å². The van der Waals surface area contributed by atoms with Crippen molar-refractivity contribution in [1.82, 2.24) is 5.23 Å². The van der Waals surface area contributed by atoms with E-state index in [0.717, 1.165) is 0 Å². The van der Waals surface area contributed by atoms with Gasteiger partial charge in [0.1, 0.15) is 6.10 Å². The van der Waals surface area contributed by atoms with Crippen molar-refractivity contribution < 1.29 is 18.5 Å². The summed E-state index contributed by atoms with van der Waals surface area (Å²) >= 11 is 0. The van der Waals surface area contributed by atoms with Crippen LogP contribution < -0.4 is 0 Å². The SMILES string of the molecule is O=S(=O)(c1ccccc1)C1C2CC=CC2ON1O. The average molecular weight is 267 g/mol. The van der Waals surface area contributed by atoms with Crippen LogP contribution in [0.2, 0.25) is 0 Å². The Kier molecular flexibility index (Phi) is 2.74. The Labute approximate surface area is 105 Å². The molecule has 3 unspecified atom stereocenters. The fraction of sp³-hybridized carbons (Fsp3) is 0.333. The van der Waals surface area contributed by atoms with Gasteiger partial charge in [-0.05, 0) is 23.8 Å². The molecule has 1 fully saturated rings. The lowest BCUT2D eigenvalue weighted by molar-refractivity contribution is -0.325. The van der Waals surface area contributed by atoms with Crippen LogP contribution in [0.1, 0.15) is 6.42 Å².